The van der Waals surface area contributed by atoms with Crippen molar-refractivity contribution in [2.45, 2.75) is 30.1 Å². The third-order valence-corrected chi connectivity index (χ3v) is 7.41. The van der Waals surface area contributed by atoms with Crippen LogP contribution in [0.25, 0.3) is 0 Å². The van der Waals surface area contributed by atoms with Gasteiger partial charge in [0.25, 0.3) is 5.56 Å². The number of nitrogens with one attached hydrogen (secondary N) is 1. The van der Waals surface area contributed by atoms with Gasteiger partial charge in [0.2, 0.25) is 0 Å². The van der Waals surface area contributed by atoms with E-state index in [-0.39, 0.29) is 16.9 Å². The van der Waals surface area contributed by atoms with E-state index in [0.29, 0.717) is 11.5 Å². The van der Waals surface area contributed by atoms with E-state index in [0.717, 1.165) is 16.7 Å². The molecular weight excluding hydrogens is 532 g/mol. The molecule has 9 nitrogen and oxygen atoms in total. The Balaban J connectivity index is 1.56. The Hall–Kier alpha value is -3.80. The molecule has 1 saturated heterocycles. The molecule has 2 heterocycles. The summed E-state index contributed by atoms with van der Waals surface area (Å²) in [6, 6.07) is 26.2. The zero-order chi connectivity index (χ0) is 28.3. The van der Waals surface area contributed by atoms with E-state index in [4.69, 9.17) is 31.2 Å². The first-order valence-corrected chi connectivity index (χ1v) is 13.1. The van der Waals surface area contributed by atoms with E-state index in [2.05, 4.69) is 4.98 Å². The monoisotopic (exact) mass is 562 g/mol. The number of benzene rings is 3. The van der Waals surface area contributed by atoms with Crippen LogP contribution in [0.5, 0.6) is 11.5 Å². The standard InChI is InChI=1S/C30H30N2O7S/c1-36-22-12-8-20(9-13-22)30(19-6-4-3-5-7-19,21-10-14-23(37-2)15-11-21)38-18-24-26(34)27(35)28(39-24)32-17-16-25(33)31-29(32)40/h3-17,24,26-28,34-35H,18H2,1-2H3,(H,31,33,40)/t24-,26?,27+,28-/m1/s1. The van der Waals surface area contributed by atoms with Gasteiger partial charge in [0.1, 0.15) is 35.4 Å². The molecule has 4 aromatic rings. The number of aromatic nitrogens is 2. The molecule has 0 radical (unpaired) electrons. The number of rotatable bonds is 9. The SMILES string of the molecule is COc1ccc(C(OC[C@H]2O[C@@H](n3ccc(=O)[nH]c3=S)[C@@H](O)C2O)(c2ccccc2)c2ccc(OC)cc2)cc1. The number of ether oxygens (including phenoxy) is 4. The lowest BCUT2D eigenvalue weighted by Gasteiger charge is -2.37. The van der Waals surface area contributed by atoms with Crippen LogP contribution >= 0.6 is 12.2 Å². The van der Waals surface area contributed by atoms with Crippen LogP contribution in [0.1, 0.15) is 22.9 Å². The minimum atomic E-state index is -1.31. The number of H-pyrrole nitrogens is 1. The van der Waals surface area contributed by atoms with Gasteiger partial charge in [-0.1, -0.05) is 54.6 Å². The number of aliphatic hydroxyl groups is 2. The fourth-order valence-electron chi connectivity index (χ4n) is 5.01. The molecule has 5 rings (SSSR count). The third kappa shape index (κ3) is 5.19. The Kier molecular flexibility index (Phi) is 8.15. The van der Waals surface area contributed by atoms with Gasteiger partial charge in [-0.25, -0.2) is 0 Å². The predicted molar refractivity (Wildman–Crippen MR) is 150 cm³/mol. The van der Waals surface area contributed by atoms with E-state index >= 15 is 0 Å². The lowest BCUT2D eigenvalue weighted by atomic mass is 9.80. The smallest absolute Gasteiger partial charge is 0.251 e. The van der Waals surface area contributed by atoms with Gasteiger partial charge in [0.05, 0.1) is 20.8 Å². The van der Waals surface area contributed by atoms with Crippen molar-refractivity contribution >= 4 is 12.2 Å². The zero-order valence-corrected chi connectivity index (χ0v) is 22.8. The Bertz CT molecular complexity index is 1490. The van der Waals surface area contributed by atoms with Crippen molar-refractivity contribution < 1.29 is 29.2 Å². The molecule has 0 bridgehead atoms. The van der Waals surface area contributed by atoms with Crippen LogP contribution in [0.4, 0.5) is 0 Å². The van der Waals surface area contributed by atoms with Crippen molar-refractivity contribution in [1.82, 2.24) is 9.55 Å². The van der Waals surface area contributed by atoms with Gasteiger partial charge in [-0.2, -0.15) is 0 Å². The first kappa shape index (κ1) is 27.8. The molecule has 3 aromatic carbocycles. The molecule has 208 valence electrons. The van der Waals surface area contributed by atoms with E-state index in [9.17, 15) is 15.0 Å². The Morgan fingerprint density at radius 2 is 1.40 bits per heavy atom. The second-order valence-corrected chi connectivity index (χ2v) is 9.77. The van der Waals surface area contributed by atoms with Crippen LogP contribution in [-0.4, -0.2) is 58.9 Å². The first-order valence-electron chi connectivity index (χ1n) is 12.7. The lowest BCUT2D eigenvalue weighted by molar-refractivity contribution is -0.0955. The van der Waals surface area contributed by atoms with Crippen molar-refractivity contribution in [2.75, 3.05) is 20.8 Å². The van der Waals surface area contributed by atoms with Crippen molar-refractivity contribution in [1.29, 1.82) is 0 Å². The highest BCUT2D eigenvalue weighted by Crippen LogP contribution is 2.42. The summed E-state index contributed by atoms with van der Waals surface area (Å²) < 4.78 is 25.1. The normalized spacial score (nSPS) is 20.8. The molecule has 0 spiro atoms. The molecule has 1 fully saturated rings. The van der Waals surface area contributed by atoms with Crippen molar-refractivity contribution in [2.24, 2.45) is 0 Å². The molecule has 40 heavy (non-hydrogen) atoms. The third-order valence-electron chi connectivity index (χ3n) is 7.10. The van der Waals surface area contributed by atoms with Gasteiger partial charge in [-0.05, 0) is 53.2 Å². The maximum absolute atomic E-state index is 11.6. The second kappa shape index (κ2) is 11.7. The summed E-state index contributed by atoms with van der Waals surface area (Å²) in [6.07, 6.45) is -3.08. The molecule has 0 saturated carbocycles. The molecule has 3 N–H and O–H groups in total. The number of hydrogen-bond donors (Lipinski definition) is 3. The highest BCUT2D eigenvalue weighted by molar-refractivity contribution is 7.71. The van der Waals surface area contributed by atoms with Gasteiger partial charge < -0.3 is 29.2 Å². The molecule has 1 aliphatic rings. The summed E-state index contributed by atoms with van der Waals surface area (Å²) >= 11 is 5.25. The van der Waals surface area contributed by atoms with Gasteiger partial charge in [0, 0.05) is 12.3 Å². The molecular formula is C30H30N2O7S. The lowest BCUT2D eigenvalue weighted by Crippen LogP contribution is -2.39. The molecule has 0 amide bonds. The first-order chi connectivity index (χ1) is 19.4. The van der Waals surface area contributed by atoms with E-state index in [1.807, 2.05) is 78.9 Å². The maximum atomic E-state index is 11.6. The highest BCUT2D eigenvalue weighted by Gasteiger charge is 2.46. The molecule has 1 aromatic heterocycles. The minimum absolute atomic E-state index is 0.0698. The van der Waals surface area contributed by atoms with Gasteiger partial charge >= 0.3 is 0 Å². The number of nitrogens with zero attached hydrogens (tertiary/aromatic N) is 1. The fraction of sp³-hybridized carbons (Fsp3) is 0.267. The van der Waals surface area contributed by atoms with Crippen molar-refractivity contribution in [3.8, 4) is 11.5 Å². The molecule has 4 atom stereocenters. The summed E-state index contributed by atoms with van der Waals surface area (Å²) in [5.41, 5.74) is 0.980. The Morgan fingerprint density at radius 3 is 1.93 bits per heavy atom. The van der Waals surface area contributed by atoms with Crippen LogP contribution in [-0.2, 0) is 15.1 Å². The molecule has 1 unspecified atom stereocenters. The summed E-state index contributed by atoms with van der Waals surface area (Å²) in [5.74, 6) is 1.39. The summed E-state index contributed by atoms with van der Waals surface area (Å²) in [7, 11) is 3.21. The molecule has 1 aliphatic heterocycles. The summed E-state index contributed by atoms with van der Waals surface area (Å²) in [4.78, 5) is 14.1. The Labute approximate surface area is 236 Å². The van der Waals surface area contributed by atoms with E-state index in [1.54, 1.807) is 14.2 Å². The maximum Gasteiger partial charge on any atom is 0.251 e. The molecule has 10 heteroatoms. The van der Waals surface area contributed by atoms with Crippen LogP contribution in [0.2, 0.25) is 0 Å². The fourth-order valence-corrected chi connectivity index (χ4v) is 5.27. The van der Waals surface area contributed by atoms with Crippen LogP contribution in [0.3, 0.4) is 0 Å². The van der Waals surface area contributed by atoms with E-state index < -0.39 is 30.1 Å². The molecule has 0 aliphatic carbocycles. The van der Waals surface area contributed by atoms with Crippen LogP contribution < -0.4 is 15.0 Å². The van der Waals surface area contributed by atoms with Gasteiger partial charge in [-0.3, -0.25) is 14.3 Å². The summed E-state index contributed by atoms with van der Waals surface area (Å²) in [6.45, 7) is -0.0850. The average Bonchev–Trinajstić information content (AvgIpc) is 3.27. The van der Waals surface area contributed by atoms with Crippen LogP contribution in [0, 0.1) is 4.77 Å². The average molecular weight is 563 g/mol. The number of methoxy groups -OCH3 is 2. The summed E-state index contributed by atoms with van der Waals surface area (Å²) in [5, 5.41) is 21.8. The Morgan fingerprint density at radius 1 is 0.850 bits per heavy atom. The van der Waals surface area contributed by atoms with Gasteiger partial charge in [0.15, 0.2) is 11.0 Å². The topological polar surface area (TPSA) is 115 Å². The quantitative estimate of drug-likeness (QED) is 0.210. The van der Waals surface area contributed by atoms with Crippen molar-refractivity contribution in [3.63, 3.8) is 0 Å². The zero-order valence-electron chi connectivity index (χ0n) is 22.0. The highest BCUT2D eigenvalue weighted by atomic mass is 32.1. The number of hydrogen-bond acceptors (Lipinski definition) is 8. The van der Waals surface area contributed by atoms with E-state index in [1.165, 1.54) is 16.8 Å². The number of aliphatic hydroxyl groups excluding tert-OH is 2. The predicted octanol–water partition coefficient (Wildman–Crippen LogP) is 3.55. The second-order valence-electron chi connectivity index (χ2n) is 9.38. The number of aromatic amines is 1. The van der Waals surface area contributed by atoms with Crippen LogP contribution in [0.15, 0.2) is 95.9 Å². The van der Waals surface area contributed by atoms with Crippen molar-refractivity contribution in [3.05, 3.63) is 123 Å². The largest absolute Gasteiger partial charge is 0.497 e. The minimum Gasteiger partial charge on any atom is -0.497 e. The van der Waals surface area contributed by atoms with Gasteiger partial charge in [-0.15, -0.1) is 0 Å².